The molecule has 9 heteroatoms. The monoisotopic (exact) mass is 437 g/mol. The van der Waals surface area contributed by atoms with Crippen molar-refractivity contribution in [3.05, 3.63) is 65.5 Å². The summed E-state index contributed by atoms with van der Waals surface area (Å²) >= 11 is 5.93. The van der Waals surface area contributed by atoms with E-state index in [1.54, 1.807) is 31.6 Å². The number of ether oxygens (including phenoxy) is 1. The maximum Gasteiger partial charge on any atom is 0.277 e. The highest BCUT2D eigenvalue weighted by Crippen LogP contribution is 2.30. The lowest BCUT2D eigenvalue weighted by Gasteiger charge is -2.09. The van der Waals surface area contributed by atoms with Crippen molar-refractivity contribution in [1.82, 2.24) is 15.5 Å². The van der Waals surface area contributed by atoms with Gasteiger partial charge in [-0.15, -0.1) is 10.2 Å². The predicted molar refractivity (Wildman–Crippen MR) is 120 cm³/mol. The third kappa shape index (κ3) is 4.92. The van der Waals surface area contributed by atoms with E-state index in [2.05, 4.69) is 25.8 Å². The van der Waals surface area contributed by atoms with E-state index in [-0.39, 0.29) is 5.91 Å². The predicted octanol–water partition coefficient (Wildman–Crippen LogP) is 4.42. The molecule has 0 spiro atoms. The molecule has 1 aromatic carbocycles. The summed E-state index contributed by atoms with van der Waals surface area (Å²) in [6.45, 7) is 0.375. The van der Waals surface area contributed by atoms with E-state index in [0.29, 0.717) is 47.5 Å². The fourth-order valence-electron chi connectivity index (χ4n) is 3.03. The topological polar surface area (TPSA) is 102 Å². The number of hydrogen-bond donors (Lipinski definition) is 2. The first-order chi connectivity index (χ1) is 15.1. The quantitative estimate of drug-likeness (QED) is 0.567. The second kappa shape index (κ2) is 9.44. The fraction of sp³-hybridized carbons (Fsp3) is 0.182. The smallest absolute Gasteiger partial charge is 0.277 e. The summed E-state index contributed by atoms with van der Waals surface area (Å²) in [6.07, 6.45) is 8.13. The number of allylic oxidation sites excluding steroid dienone is 2. The van der Waals surface area contributed by atoms with Gasteiger partial charge in [0.25, 0.3) is 11.8 Å². The molecule has 2 aromatic heterocycles. The number of fused-ring (bicyclic) bond motifs is 1. The molecule has 1 aliphatic heterocycles. The summed E-state index contributed by atoms with van der Waals surface area (Å²) in [7, 11) is 1.59. The molecule has 0 aliphatic carbocycles. The van der Waals surface area contributed by atoms with E-state index in [0.717, 1.165) is 16.6 Å². The van der Waals surface area contributed by atoms with E-state index in [4.69, 9.17) is 20.8 Å². The average Bonchev–Trinajstić information content (AvgIpc) is 3.17. The molecule has 0 saturated carbocycles. The molecule has 0 bridgehead atoms. The van der Waals surface area contributed by atoms with Gasteiger partial charge in [0.05, 0.1) is 18.3 Å². The zero-order chi connectivity index (χ0) is 21.6. The number of anilines is 2. The first kappa shape index (κ1) is 20.6. The molecular formula is C22H20ClN5O3. The third-order valence-electron chi connectivity index (χ3n) is 4.66. The van der Waals surface area contributed by atoms with Crippen LogP contribution in [-0.2, 0) is 4.79 Å². The van der Waals surface area contributed by atoms with Gasteiger partial charge in [0.2, 0.25) is 5.58 Å². The van der Waals surface area contributed by atoms with E-state index >= 15 is 0 Å². The number of nitrogens with one attached hydrogen (secondary N) is 2. The Kier molecular flexibility index (Phi) is 6.28. The largest absolute Gasteiger partial charge is 0.474 e. The molecule has 2 N–H and O–H groups in total. The van der Waals surface area contributed by atoms with Crippen molar-refractivity contribution in [2.75, 3.05) is 19.0 Å². The lowest BCUT2D eigenvalue weighted by molar-refractivity contribution is -0.114. The lowest BCUT2D eigenvalue weighted by Crippen LogP contribution is -2.26. The summed E-state index contributed by atoms with van der Waals surface area (Å²) in [5.74, 6) is 0.704. The van der Waals surface area contributed by atoms with Gasteiger partial charge in [-0.3, -0.25) is 9.79 Å². The molecule has 0 radical (unpaired) electrons. The van der Waals surface area contributed by atoms with Crippen molar-refractivity contribution in [3.63, 3.8) is 0 Å². The van der Waals surface area contributed by atoms with Crippen LogP contribution in [0.2, 0.25) is 5.02 Å². The number of hydrogen-bond acceptors (Lipinski definition) is 7. The molecule has 31 heavy (non-hydrogen) atoms. The van der Waals surface area contributed by atoms with Crippen molar-refractivity contribution >= 4 is 45.7 Å². The van der Waals surface area contributed by atoms with Crippen LogP contribution in [0, 0.1) is 0 Å². The van der Waals surface area contributed by atoms with Gasteiger partial charge in [-0.25, -0.2) is 0 Å². The molecule has 1 amide bonds. The third-order valence-corrected chi connectivity index (χ3v) is 4.91. The Morgan fingerprint density at radius 3 is 2.87 bits per heavy atom. The maximum absolute atomic E-state index is 11.7. The van der Waals surface area contributed by atoms with Gasteiger partial charge in [0.15, 0.2) is 5.82 Å². The van der Waals surface area contributed by atoms with E-state index < -0.39 is 0 Å². The van der Waals surface area contributed by atoms with E-state index in [1.165, 1.54) is 0 Å². The lowest BCUT2D eigenvalue weighted by atomic mass is 10.1. The molecule has 4 rings (SSSR count). The van der Waals surface area contributed by atoms with Crippen LogP contribution in [0.4, 0.5) is 11.5 Å². The van der Waals surface area contributed by atoms with Crippen LogP contribution in [0.15, 0.2) is 69.9 Å². The molecule has 8 nitrogen and oxygen atoms in total. The Morgan fingerprint density at radius 2 is 2.06 bits per heavy atom. The molecule has 3 aromatic rings. The van der Waals surface area contributed by atoms with Gasteiger partial charge >= 0.3 is 0 Å². The van der Waals surface area contributed by atoms with Gasteiger partial charge in [-0.2, -0.15) is 0 Å². The van der Waals surface area contributed by atoms with Crippen LogP contribution < -0.4 is 15.4 Å². The van der Waals surface area contributed by atoms with Crippen molar-refractivity contribution in [2.24, 2.45) is 4.99 Å². The summed E-state index contributed by atoms with van der Waals surface area (Å²) in [6, 6.07) is 9.10. The second-order valence-corrected chi connectivity index (χ2v) is 7.14. The van der Waals surface area contributed by atoms with Crippen LogP contribution in [-0.4, -0.2) is 35.5 Å². The van der Waals surface area contributed by atoms with Gasteiger partial charge in [-0.1, -0.05) is 17.7 Å². The van der Waals surface area contributed by atoms with E-state index in [1.807, 2.05) is 30.4 Å². The molecule has 158 valence electrons. The molecule has 0 fully saturated rings. The molecule has 1 aliphatic rings. The number of furan rings is 1. The number of nitrogens with zero attached hydrogens (tertiary/aromatic N) is 3. The number of amides is 1. The molecular weight excluding hydrogens is 418 g/mol. The van der Waals surface area contributed by atoms with Crippen LogP contribution >= 0.6 is 11.6 Å². The summed E-state index contributed by atoms with van der Waals surface area (Å²) in [4.78, 5) is 15.9. The van der Waals surface area contributed by atoms with Crippen molar-refractivity contribution in [2.45, 2.75) is 12.8 Å². The molecule has 0 atom stereocenters. The number of rotatable bonds is 7. The second-order valence-electron chi connectivity index (χ2n) is 6.70. The number of carbonyl (C=O) groups excluding carboxylic acids is 1. The Morgan fingerprint density at radius 1 is 1.23 bits per heavy atom. The summed E-state index contributed by atoms with van der Waals surface area (Å²) < 4.78 is 11.4. The molecule has 3 heterocycles. The maximum atomic E-state index is 11.7. The highest BCUT2D eigenvalue weighted by atomic mass is 35.5. The van der Waals surface area contributed by atoms with E-state index in [9.17, 15) is 4.79 Å². The SMILES string of the molecule is CNC(=O)C1=NC=CC(CCOc2nnc(Nc3ccc(Cl)cc3)c3ccoc23)=CC1. The minimum atomic E-state index is -0.179. The summed E-state index contributed by atoms with van der Waals surface area (Å²) in [5, 5.41) is 15.6. The minimum absolute atomic E-state index is 0.179. The number of aliphatic imine (C=N–C) groups is 1. The number of carbonyl (C=O) groups is 1. The Bertz CT molecular complexity index is 1180. The van der Waals surface area contributed by atoms with Gasteiger partial charge < -0.3 is 19.8 Å². The summed E-state index contributed by atoms with van der Waals surface area (Å²) in [5.41, 5.74) is 2.84. The van der Waals surface area contributed by atoms with Crippen LogP contribution in [0.1, 0.15) is 12.8 Å². The van der Waals surface area contributed by atoms with Gasteiger partial charge in [0, 0.05) is 36.8 Å². The number of aromatic nitrogens is 2. The highest BCUT2D eigenvalue weighted by molar-refractivity contribution is 6.39. The molecule has 0 saturated heterocycles. The fourth-order valence-corrected chi connectivity index (χ4v) is 3.16. The Balaban J connectivity index is 1.41. The Labute approximate surface area is 183 Å². The van der Waals surface area contributed by atoms with Crippen LogP contribution in [0.3, 0.4) is 0 Å². The first-order valence-electron chi connectivity index (χ1n) is 9.67. The van der Waals surface area contributed by atoms with Gasteiger partial charge in [0.1, 0.15) is 5.71 Å². The van der Waals surface area contributed by atoms with Crippen LogP contribution in [0.25, 0.3) is 11.0 Å². The first-order valence-corrected chi connectivity index (χ1v) is 10.1. The number of benzene rings is 1. The van der Waals surface area contributed by atoms with Gasteiger partial charge in [-0.05, 0) is 42.0 Å². The Hall–Kier alpha value is -3.65. The van der Waals surface area contributed by atoms with Crippen molar-refractivity contribution in [1.29, 1.82) is 0 Å². The number of halogens is 1. The zero-order valence-electron chi connectivity index (χ0n) is 16.8. The minimum Gasteiger partial charge on any atom is -0.474 e. The molecule has 0 unspecified atom stereocenters. The van der Waals surface area contributed by atoms with Crippen molar-refractivity contribution in [3.8, 4) is 5.88 Å². The standard InChI is InChI=1S/C22H20ClN5O3/c1-24-21(29)18-7-2-14(8-11-25-18)9-12-31-22-19-17(10-13-30-19)20(27-28-22)26-16-5-3-15(23)4-6-16/h2-6,8,10-11,13H,7,9,12H2,1H3,(H,24,29)(H,26,27). The van der Waals surface area contributed by atoms with Crippen molar-refractivity contribution < 1.29 is 13.9 Å². The normalized spacial score (nSPS) is 13.4. The average molecular weight is 438 g/mol. The van der Waals surface area contributed by atoms with Crippen LogP contribution in [0.5, 0.6) is 5.88 Å². The highest BCUT2D eigenvalue weighted by Gasteiger charge is 2.14. The zero-order valence-corrected chi connectivity index (χ0v) is 17.5.